The first-order valence-corrected chi connectivity index (χ1v) is 6.87. The summed E-state index contributed by atoms with van der Waals surface area (Å²) in [5.41, 5.74) is -0.859. The molecule has 0 aromatic heterocycles. The second-order valence-corrected chi connectivity index (χ2v) is 5.39. The van der Waals surface area contributed by atoms with Crippen molar-refractivity contribution in [2.75, 3.05) is 18.4 Å². The zero-order chi connectivity index (χ0) is 16.2. The summed E-state index contributed by atoms with van der Waals surface area (Å²) < 4.78 is 26.7. The molecule has 0 saturated carbocycles. The van der Waals surface area contributed by atoms with Crippen LogP contribution in [-0.2, 0) is 0 Å². The number of anilines is 1. The lowest BCUT2D eigenvalue weighted by Gasteiger charge is -2.30. The molecule has 0 amide bonds. The van der Waals surface area contributed by atoms with Crippen LogP contribution in [0, 0.1) is 21.7 Å². The number of nitro benzene ring substituents is 1. The Kier molecular flexibility index (Phi) is 6.02. The summed E-state index contributed by atoms with van der Waals surface area (Å²) in [6, 6.07) is 2.07. The SMILES string of the molecule is CC(C)N(CCNc1cc(F)cc(F)c1[N+](=O)[O-])C(C)C. The number of hydrogen-bond acceptors (Lipinski definition) is 4. The summed E-state index contributed by atoms with van der Waals surface area (Å²) in [4.78, 5) is 12.2. The molecule has 0 aliphatic rings. The minimum Gasteiger partial charge on any atom is -0.378 e. The number of nitro groups is 1. The molecule has 0 radical (unpaired) electrons. The molecule has 0 heterocycles. The van der Waals surface area contributed by atoms with Gasteiger partial charge in [0.15, 0.2) is 0 Å². The molecule has 1 rings (SSSR count). The molecule has 21 heavy (non-hydrogen) atoms. The van der Waals surface area contributed by atoms with Crippen LogP contribution in [0.5, 0.6) is 0 Å². The molecule has 1 aromatic rings. The molecule has 1 aromatic carbocycles. The van der Waals surface area contributed by atoms with Gasteiger partial charge < -0.3 is 5.32 Å². The average Bonchev–Trinajstić information content (AvgIpc) is 2.31. The molecule has 0 spiro atoms. The summed E-state index contributed by atoms with van der Waals surface area (Å²) >= 11 is 0. The Bertz CT molecular complexity index is 499. The van der Waals surface area contributed by atoms with Gasteiger partial charge in [0.1, 0.15) is 11.5 Å². The zero-order valence-corrected chi connectivity index (χ0v) is 12.7. The predicted octanol–water partition coefficient (Wildman–Crippen LogP) is 3.40. The molecule has 0 aliphatic heterocycles. The van der Waals surface area contributed by atoms with Crippen molar-refractivity contribution in [2.24, 2.45) is 0 Å². The molecule has 0 saturated heterocycles. The second kappa shape index (κ2) is 7.31. The summed E-state index contributed by atoms with van der Waals surface area (Å²) in [7, 11) is 0. The Hall–Kier alpha value is -1.76. The van der Waals surface area contributed by atoms with Gasteiger partial charge in [-0.05, 0) is 27.7 Å². The van der Waals surface area contributed by atoms with E-state index >= 15 is 0 Å². The van der Waals surface area contributed by atoms with Crippen LogP contribution in [0.3, 0.4) is 0 Å². The Morgan fingerprint density at radius 3 is 2.29 bits per heavy atom. The zero-order valence-electron chi connectivity index (χ0n) is 12.7. The van der Waals surface area contributed by atoms with Crippen molar-refractivity contribution in [3.63, 3.8) is 0 Å². The summed E-state index contributed by atoms with van der Waals surface area (Å²) in [5.74, 6) is -2.02. The highest BCUT2D eigenvalue weighted by molar-refractivity contribution is 5.62. The lowest BCUT2D eigenvalue weighted by Crippen LogP contribution is -2.40. The van der Waals surface area contributed by atoms with E-state index in [1.807, 2.05) is 27.7 Å². The highest BCUT2D eigenvalue weighted by atomic mass is 19.1. The Morgan fingerprint density at radius 2 is 1.81 bits per heavy atom. The summed E-state index contributed by atoms with van der Waals surface area (Å²) in [6.45, 7) is 9.16. The molecular formula is C14H21F2N3O2. The van der Waals surface area contributed by atoms with E-state index in [2.05, 4.69) is 10.2 Å². The van der Waals surface area contributed by atoms with Crippen LogP contribution >= 0.6 is 0 Å². The smallest absolute Gasteiger partial charge is 0.327 e. The molecule has 0 aliphatic carbocycles. The van der Waals surface area contributed by atoms with E-state index in [1.165, 1.54) is 0 Å². The first kappa shape index (κ1) is 17.3. The van der Waals surface area contributed by atoms with Crippen molar-refractivity contribution >= 4 is 11.4 Å². The minimum atomic E-state index is -1.17. The van der Waals surface area contributed by atoms with E-state index in [0.717, 1.165) is 6.07 Å². The first-order chi connectivity index (χ1) is 9.73. The molecule has 1 N–H and O–H groups in total. The number of rotatable bonds is 7. The summed E-state index contributed by atoms with van der Waals surface area (Å²) in [6.07, 6.45) is 0. The lowest BCUT2D eigenvalue weighted by atomic mass is 10.2. The van der Waals surface area contributed by atoms with E-state index in [4.69, 9.17) is 0 Å². The highest BCUT2D eigenvalue weighted by Gasteiger charge is 2.22. The Labute approximate surface area is 123 Å². The van der Waals surface area contributed by atoms with Crippen molar-refractivity contribution in [1.29, 1.82) is 0 Å². The molecule has 0 unspecified atom stereocenters. The molecule has 0 fully saturated rings. The number of hydrogen-bond donors (Lipinski definition) is 1. The first-order valence-electron chi connectivity index (χ1n) is 6.87. The van der Waals surface area contributed by atoms with Crippen molar-refractivity contribution in [2.45, 2.75) is 39.8 Å². The van der Waals surface area contributed by atoms with Gasteiger partial charge in [-0.1, -0.05) is 0 Å². The third-order valence-electron chi connectivity index (χ3n) is 3.22. The summed E-state index contributed by atoms with van der Waals surface area (Å²) in [5, 5.41) is 13.6. The largest absolute Gasteiger partial charge is 0.378 e. The van der Waals surface area contributed by atoms with Crippen LogP contribution < -0.4 is 5.32 Å². The fraction of sp³-hybridized carbons (Fsp3) is 0.571. The maximum absolute atomic E-state index is 13.5. The van der Waals surface area contributed by atoms with Gasteiger partial charge in [-0.3, -0.25) is 15.0 Å². The van der Waals surface area contributed by atoms with Gasteiger partial charge in [0.05, 0.1) is 4.92 Å². The highest BCUT2D eigenvalue weighted by Crippen LogP contribution is 2.28. The third kappa shape index (κ3) is 4.63. The fourth-order valence-corrected chi connectivity index (χ4v) is 2.32. The van der Waals surface area contributed by atoms with Crippen LogP contribution in [0.4, 0.5) is 20.2 Å². The predicted molar refractivity (Wildman–Crippen MR) is 78.5 cm³/mol. The van der Waals surface area contributed by atoms with Gasteiger partial charge in [0, 0.05) is 37.3 Å². The van der Waals surface area contributed by atoms with Crippen molar-refractivity contribution in [1.82, 2.24) is 4.90 Å². The molecule has 118 valence electrons. The minimum absolute atomic E-state index is 0.134. The lowest BCUT2D eigenvalue weighted by molar-refractivity contribution is -0.386. The topological polar surface area (TPSA) is 58.4 Å². The van der Waals surface area contributed by atoms with Crippen LogP contribution in [0.2, 0.25) is 0 Å². The van der Waals surface area contributed by atoms with Crippen molar-refractivity contribution in [3.8, 4) is 0 Å². The van der Waals surface area contributed by atoms with Gasteiger partial charge in [0.25, 0.3) is 0 Å². The molecular weight excluding hydrogens is 280 g/mol. The van der Waals surface area contributed by atoms with Crippen molar-refractivity contribution < 1.29 is 13.7 Å². The van der Waals surface area contributed by atoms with E-state index in [9.17, 15) is 18.9 Å². The van der Waals surface area contributed by atoms with Gasteiger partial charge >= 0.3 is 5.69 Å². The van der Waals surface area contributed by atoms with E-state index in [0.29, 0.717) is 31.2 Å². The van der Waals surface area contributed by atoms with E-state index in [1.54, 1.807) is 0 Å². The van der Waals surface area contributed by atoms with Crippen LogP contribution in [0.15, 0.2) is 12.1 Å². The normalized spacial score (nSPS) is 11.5. The fourth-order valence-electron chi connectivity index (χ4n) is 2.32. The van der Waals surface area contributed by atoms with Gasteiger partial charge in [-0.15, -0.1) is 0 Å². The van der Waals surface area contributed by atoms with Crippen molar-refractivity contribution in [3.05, 3.63) is 33.9 Å². The molecule has 0 atom stereocenters. The van der Waals surface area contributed by atoms with E-state index < -0.39 is 22.2 Å². The quantitative estimate of drug-likeness (QED) is 0.619. The maximum Gasteiger partial charge on any atom is 0.327 e. The number of benzene rings is 1. The van der Waals surface area contributed by atoms with Crippen LogP contribution in [0.25, 0.3) is 0 Å². The number of halogens is 2. The van der Waals surface area contributed by atoms with Gasteiger partial charge in [0.2, 0.25) is 5.82 Å². The monoisotopic (exact) mass is 301 g/mol. The standard InChI is InChI=1S/C14H21F2N3O2/c1-9(2)18(10(3)4)6-5-17-13-8-11(15)7-12(16)14(13)19(20)21/h7-10,17H,5-6H2,1-4H3. The number of nitrogens with one attached hydrogen (secondary N) is 1. The average molecular weight is 301 g/mol. The molecule has 5 nitrogen and oxygen atoms in total. The molecule has 0 bridgehead atoms. The third-order valence-corrected chi connectivity index (χ3v) is 3.22. The number of nitrogens with zero attached hydrogens (tertiary/aromatic N) is 2. The van der Waals surface area contributed by atoms with Crippen LogP contribution in [-0.4, -0.2) is 35.0 Å². The van der Waals surface area contributed by atoms with Crippen LogP contribution in [0.1, 0.15) is 27.7 Å². The Balaban J connectivity index is 2.82. The Morgan fingerprint density at radius 1 is 1.24 bits per heavy atom. The second-order valence-electron chi connectivity index (χ2n) is 5.39. The van der Waals surface area contributed by atoms with E-state index in [-0.39, 0.29) is 5.69 Å². The van der Waals surface area contributed by atoms with Gasteiger partial charge in [-0.25, -0.2) is 4.39 Å². The molecule has 7 heteroatoms. The maximum atomic E-state index is 13.5. The van der Waals surface area contributed by atoms with Gasteiger partial charge in [-0.2, -0.15) is 4.39 Å².